The predicted octanol–water partition coefficient (Wildman–Crippen LogP) is 5.84. The zero-order chi connectivity index (χ0) is 25.0. The maximum atomic E-state index is 12.0. The van der Waals surface area contributed by atoms with Gasteiger partial charge in [-0.2, -0.15) is 0 Å². The largest absolute Gasteiger partial charge is 0.478 e. The van der Waals surface area contributed by atoms with Gasteiger partial charge in [-0.1, -0.05) is 72.3 Å². The van der Waals surface area contributed by atoms with Crippen LogP contribution in [0, 0.1) is 0 Å². The number of aliphatic carboxylic acids is 1. The van der Waals surface area contributed by atoms with E-state index in [1.165, 1.54) is 5.38 Å². The van der Waals surface area contributed by atoms with Crippen LogP contribution < -0.4 is 5.32 Å². The lowest BCUT2D eigenvalue weighted by atomic mass is 10.1. The molecule has 182 valence electrons. The fourth-order valence-electron chi connectivity index (χ4n) is 2.98. The van der Waals surface area contributed by atoms with Crippen LogP contribution in [-0.2, 0) is 32.3 Å². The van der Waals surface area contributed by atoms with E-state index < -0.39 is 18.0 Å². The Bertz CT molecular complexity index is 1180. The number of nitrogens with zero attached hydrogens (tertiary/aromatic N) is 1. The van der Waals surface area contributed by atoms with Crippen molar-refractivity contribution < 1.29 is 29.0 Å². The Balaban J connectivity index is 1.51. The van der Waals surface area contributed by atoms with Gasteiger partial charge in [0.2, 0.25) is 0 Å². The van der Waals surface area contributed by atoms with E-state index in [1.807, 2.05) is 60.7 Å². The van der Waals surface area contributed by atoms with Gasteiger partial charge in [-0.3, -0.25) is 10.1 Å². The van der Waals surface area contributed by atoms with Crippen LogP contribution in [0.25, 0.3) is 5.57 Å². The minimum atomic E-state index is -1.26. The molecule has 0 unspecified atom stereocenters. The van der Waals surface area contributed by atoms with Gasteiger partial charge in [-0.25, -0.2) is 14.6 Å². The van der Waals surface area contributed by atoms with Crippen molar-refractivity contribution in [1.82, 2.24) is 4.98 Å². The number of benzene rings is 2. The Kier molecular flexibility index (Phi) is 9.82. The smallest absolute Gasteiger partial charge is 0.413 e. The van der Waals surface area contributed by atoms with Crippen LogP contribution >= 0.6 is 22.9 Å². The molecule has 0 atom stereocenters. The monoisotopic (exact) mass is 514 g/mol. The molecular weight excluding hydrogens is 492 g/mol. The van der Waals surface area contributed by atoms with Crippen LogP contribution in [0.4, 0.5) is 9.93 Å². The lowest BCUT2D eigenvalue weighted by molar-refractivity contribution is -0.145. The molecule has 10 heteroatoms. The molecule has 0 fully saturated rings. The van der Waals surface area contributed by atoms with E-state index in [1.54, 1.807) is 0 Å². The molecule has 0 saturated carbocycles. The quantitative estimate of drug-likeness (QED) is 0.244. The van der Waals surface area contributed by atoms with E-state index in [9.17, 15) is 19.5 Å². The summed E-state index contributed by atoms with van der Waals surface area (Å²) in [6, 6.07) is 18.5. The van der Waals surface area contributed by atoms with E-state index in [0.29, 0.717) is 6.42 Å². The normalized spacial score (nSPS) is 11.3. The topological polar surface area (TPSA) is 115 Å². The number of allylic oxidation sites excluding steroid dienone is 1. The molecule has 1 heterocycles. The van der Waals surface area contributed by atoms with E-state index in [0.717, 1.165) is 22.5 Å². The molecule has 0 aliphatic rings. The number of amides is 1. The molecule has 0 radical (unpaired) electrons. The van der Waals surface area contributed by atoms with Crippen molar-refractivity contribution in [3.8, 4) is 0 Å². The lowest BCUT2D eigenvalue weighted by Crippen LogP contribution is -2.13. The van der Waals surface area contributed by atoms with E-state index in [4.69, 9.17) is 21.1 Å². The molecule has 0 saturated heterocycles. The average Bonchev–Trinajstić information content (AvgIpc) is 3.30. The van der Waals surface area contributed by atoms with Crippen LogP contribution in [0.15, 0.2) is 71.1 Å². The summed E-state index contributed by atoms with van der Waals surface area (Å²) < 4.78 is 10.4. The first-order valence-electron chi connectivity index (χ1n) is 10.7. The van der Waals surface area contributed by atoms with Gasteiger partial charge in [0.1, 0.15) is 18.8 Å². The fourth-order valence-corrected chi connectivity index (χ4v) is 3.98. The number of hydrogen-bond donors (Lipinski definition) is 2. The highest BCUT2D eigenvalue weighted by molar-refractivity contribution is 7.14. The van der Waals surface area contributed by atoms with Gasteiger partial charge in [0.25, 0.3) is 0 Å². The lowest BCUT2D eigenvalue weighted by Gasteiger charge is -2.06. The number of carboxylic acid groups (broad SMARTS) is 1. The van der Waals surface area contributed by atoms with E-state index in [-0.39, 0.29) is 47.5 Å². The van der Waals surface area contributed by atoms with Crippen LogP contribution in [0.2, 0.25) is 0 Å². The van der Waals surface area contributed by atoms with Crippen molar-refractivity contribution in [2.24, 2.45) is 0 Å². The zero-order valence-electron chi connectivity index (χ0n) is 18.6. The third kappa shape index (κ3) is 8.55. The Labute approximate surface area is 211 Å². The second-order valence-corrected chi connectivity index (χ2v) is 8.62. The highest BCUT2D eigenvalue weighted by Gasteiger charge is 2.20. The Morgan fingerprint density at radius 3 is 2.11 bits per heavy atom. The summed E-state index contributed by atoms with van der Waals surface area (Å²) >= 11 is 7.31. The number of anilines is 1. The number of carbonyl (C=O) groups is 3. The summed E-state index contributed by atoms with van der Waals surface area (Å²) in [6.07, 6.45) is -0.156. The van der Waals surface area contributed by atoms with E-state index >= 15 is 0 Å². The minimum Gasteiger partial charge on any atom is -0.478 e. The van der Waals surface area contributed by atoms with Gasteiger partial charge < -0.3 is 14.6 Å². The molecule has 3 rings (SSSR count). The van der Waals surface area contributed by atoms with Gasteiger partial charge in [-0.05, 0) is 24.0 Å². The maximum absolute atomic E-state index is 12.0. The van der Waals surface area contributed by atoms with Crippen LogP contribution in [0.3, 0.4) is 0 Å². The summed E-state index contributed by atoms with van der Waals surface area (Å²) in [5.74, 6) is -1.66. The Hall–Kier alpha value is -3.69. The molecule has 8 nitrogen and oxygen atoms in total. The van der Waals surface area contributed by atoms with Crippen molar-refractivity contribution in [3.63, 3.8) is 0 Å². The van der Waals surface area contributed by atoms with Crippen molar-refractivity contribution in [3.05, 3.63) is 87.9 Å². The molecule has 2 aromatic carbocycles. The standard InChI is InChI=1S/C25H23ClN2O6S/c26-19(12-7-13-21(29)33-14-17-8-3-1-4-9-17)22(23(30)31)20-16-35-24(27-20)28-25(32)34-15-18-10-5-2-6-11-18/h1-6,8-11,16H,7,12-15H2,(H,30,31)(H,27,28,32). The first-order valence-corrected chi connectivity index (χ1v) is 11.9. The molecular formula is C25H23ClN2O6S. The van der Waals surface area contributed by atoms with Crippen molar-refractivity contribution >= 4 is 51.7 Å². The van der Waals surface area contributed by atoms with Crippen molar-refractivity contribution in [1.29, 1.82) is 0 Å². The van der Waals surface area contributed by atoms with Crippen LogP contribution in [-0.4, -0.2) is 28.1 Å². The number of carboxylic acids is 1. The SMILES string of the molecule is O=C(CCCC(Cl)=C(C(=O)O)c1csc(NC(=O)OCc2ccccc2)n1)OCc1ccccc1. The second kappa shape index (κ2) is 13.3. The summed E-state index contributed by atoms with van der Waals surface area (Å²) in [5, 5.41) is 13.8. The van der Waals surface area contributed by atoms with Gasteiger partial charge in [0.05, 0.1) is 5.69 Å². The summed E-state index contributed by atoms with van der Waals surface area (Å²) in [6.45, 7) is 0.261. The summed E-state index contributed by atoms with van der Waals surface area (Å²) in [5.41, 5.74) is 1.63. The van der Waals surface area contributed by atoms with Crippen LogP contribution in [0.1, 0.15) is 36.1 Å². The van der Waals surface area contributed by atoms with Crippen molar-refractivity contribution in [2.75, 3.05) is 5.32 Å². The molecule has 2 N–H and O–H groups in total. The number of thiazole rings is 1. The highest BCUT2D eigenvalue weighted by Crippen LogP contribution is 2.29. The predicted molar refractivity (Wildman–Crippen MR) is 133 cm³/mol. The Morgan fingerprint density at radius 1 is 0.914 bits per heavy atom. The second-order valence-electron chi connectivity index (χ2n) is 7.31. The first-order chi connectivity index (χ1) is 16.9. The molecule has 0 bridgehead atoms. The number of halogens is 1. The van der Waals surface area contributed by atoms with E-state index in [2.05, 4.69) is 10.3 Å². The third-order valence-electron chi connectivity index (χ3n) is 4.69. The van der Waals surface area contributed by atoms with Gasteiger partial charge >= 0.3 is 18.0 Å². The number of nitrogens with one attached hydrogen (secondary N) is 1. The third-order valence-corrected chi connectivity index (χ3v) is 5.82. The maximum Gasteiger partial charge on any atom is 0.413 e. The highest BCUT2D eigenvalue weighted by atomic mass is 35.5. The van der Waals surface area contributed by atoms with Crippen LogP contribution in [0.5, 0.6) is 0 Å². The van der Waals surface area contributed by atoms with Gasteiger partial charge in [0, 0.05) is 16.8 Å². The zero-order valence-corrected chi connectivity index (χ0v) is 20.2. The minimum absolute atomic E-state index is 0.0527. The van der Waals surface area contributed by atoms with Gasteiger partial charge in [0.15, 0.2) is 5.13 Å². The number of hydrogen-bond acceptors (Lipinski definition) is 7. The number of aromatic nitrogens is 1. The molecule has 0 spiro atoms. The molecule has 35 heavy (non-hydrogen) atoms. The average molecular weight is 515 g/mol. The summed E-state index contributed by atoms with van der Waals surface area (Å²) in [4.78, 5) is 39.9. The molecule has 1 amide bonds. The number of carbonyl (C=O) groups excluding carboxylic acids is 2. The molecule has 0 aliphatic carbocycles. The van der Waals surface area contributed by atoms with Crippen molar-refractivity contribution in [2.45, 2.75) is 32.5 Å². The number of esters is 1. The Morgan fingerprint density at radius 2 is 1.51 bits per heavy atom. The molecule has 3 aromatic rings. The molecule has 0 aliphatic heterocycles. The molecule has 1 aromatic heterocycles. The summed E-state index contributed by atoms with van der Waals surface area (Å²) in [7, 11) is 0. The number of rotatable bonds is 11. The van der Waals surface area contributed by atoms with Gasteiger partial charge in [-0.15, -0.1) is 11.3 Å². The first kappa shape index (κ1) is 25.9. The number of ether oxygens (including phenoxy) is 2. The fraction of sp³-hybridized carbons (Fsp3) is 0.200.